The summed E-state index contributed by atoms with van der Waals surface area (Å²) in [6.45, 7) is 4.36. The molecule has 2 N–H and O–H groups in total. The summed E-state index contributed by atoms with van der Waals surface area (Å²) in [4.78, 5) is 31.1. The lowest BCUT2D eigenvalue weighted by molar-refractivity contribution is 0.00327. The summed E-state index contributed by atoms with van der Waals surface area (Å²) in [6.07, 6.45) is 3.36. The summed E-state index contributed by atoms with van der Waals surface area (Å²) in [5, 5.41) is 4.09. The van der Waals surface area contributed by atoms with Crippen LogP contribution in [-0.2, 0) is 11.3 Å². The molecule has 0 aliphatic carbocycles. The van der Waals surface area contributed by atoms with Gasteiger partial charge in [0.05, 0.1) is 35.7 Å². The van der Waals surface area contributed by atoms with Crippen LogP contribution in [0.5, 0.6) is 0 Å². The SMILES string of the molecule is C[C@@H]1COCCN1C(=O)c1[nH]c2ncnc(Nc3ccc4c(c3)C=NC4)c2c1Br. The van der Waals surface area contributed by atoms with Gasteiger partial charge in [0.1, 0.15) is 23.5 Å². The molecule has 1 amide bonds. The van der Waals surface area contributed by atoms with Crippen molar-refractivity contribution in [1.82, 2.24) is 19.9 Å². The van der Waals surface area contributed by atoms with Gasteiger partial charge in [0.15, 0.2) is 0 Å². The second-order valence-electron chi connectivity index (χ2n) is 7.19. The summed E-state index contributed by atoms with van der Waals surface area (Å²) in [6, 6.07) is 6.13. The number of hydrogen-bond donors (Lipinski definition) is 2. The summed E-state index contributed by atoms with van der Waals surface area (Å²) in [5.41, 5.74) is 4.28. The van der Waals surface area contributed by atoms with Crippen LogP contribution in [0.3, 0.4) is 0 Å². The van der Waals surface area contributed by atoms with E-state index in [9.17, 15) is 4.79 Å². The minimum atomic E-state index is -0.0784. The number of rotatable bonds is 3. The summed E-state index contributed by atoms with van der Waals surface area (Å²) >= 11 is 3.60. The molecule has 8 nitrogen and oxygen atoms in total. The number of amides is 1. The van der Waals surface area contributed by atoms with Crippen LogP contribution < -0.4 is 5.32 Å². The first-order valence-corrected chi connectivity index (χ1v) is 10.2. The van der Waals surface area contributed by atoms with E-state index in [-0.39, 0.29) is 11.9 Å². The predicted molar refractivity (Wildman–Crippen MR) is 114 cm³/mol. The van der Waals surface area contributed by atoms with Gasteiger partial charge in [-0.05, 0) is 46.1 Å². The number of hydrogen-bond acceptors (Lipinski definition) is 6. The first kappa shape index (κ1) is 18.3. The molecule has 5 rings (SSSR count). The van der Waals surface area contributed by atoms with Gasteiger partial charge in [0.2, 0.25) is 0 Å². The highest BCUT2D eigenvalue weighted by Crippen LogP contribution is 2.34. The Bertz CT molecular complexity index is 1140. The first-order valence-electron chi connectivity index (χ1n) is 9.42. The highest BCUT2D eigenvalue weighted by molar-refractivity contribution is 9.10. The maximum absolute atomic E-state index is 13.1. The van der Waals surface area contributed by atoms with Crippen molar-refractivity contribution in [2.45, 2.75) is 19.5 Å². The van der Waals surface area contributed by atoms with E-state index in [4.69, 9.17) is 4.74 Å². The number of nitrogens with zero attached hydrogens (tertiary/aromatic N) is 4. The Kier molecular flexibility index (Phi) is 4.56. The smallest absolute Gasteiger partial charge is 0.271 e. The maximum Gasteiger partial charge on any atom is 0.271 e. The molecule has 3 aromatic rings. The number of ether oxygens (including phenoxy) is 1. The van der Waals surface area contributed by atoms with E-state index in [0.717, 1.165) is 23.2 Å². The lowest BCUT2D eigenvalue weighted by Gasteiger charge is -2.33. The molecular weight excluding hydrogens is 436 g/mol. The second kappa shape index (κ2) is 7.23. The zero-order valence-electron chi connectivity index (χ0n) is 15.8. The fourth-order valence-electron chi connectivity index (χ4n) is 3.72. The van der Waals surface area contributed by atoms with Crippen molar-refractivity contribution in [1.29, 1.82) is 0 Å². The van der Waals surface area contributed by atoms with Crippen LogP contribution in [-0.4, -0.2) is 57.8 Å². The van der Waals surface area contributed by atoms with Gasteiger partial charge in [-0.1, -0.05) is 6.07 Å². The van der Waals surface area contributed by atoms with Crippen molar-refractivity contribution in [3.8, 4) is 0 Å². The van der Waals surface area contributed by atoms with Crippen LogP contribution in [0.15, 0.2) is 34.0 Å². The monoisotopic (exact) mass is 454 g/mol. The van der Waals surface area contributed by atoms with Gasteiger partial charge in [-0.15, -0.1) is 0 Å². The lowest BCUT2D eigenvalue weighted by atomic mass is 10.1. The van der Waals surface area contributed by atoms with Crippen LogP contribution in [0.25, 0.3) is 11.0 Å². The Morgan fingerprint density at radius 2 is 2.28 bits per heavy atom. The number of carbonyl (C=O) groups excluding carboxylic acids is 1. The van der Waals surface area contributed by atoms with Crippen molar-refractivity contribution >= 4 is 50.6 Å². The molecule has 2 aliphatic heterocycles. The van der Waals surface area contributed by atoms with Crippen molar-refractivity contribution in [3.63, 3.8) is 0 Å². The number of benzene rings is 1. The van der Waals surface area contributed by atoms with Crippen LogP contribution in [0, 0.1) is 0 Å². The predicted octanol–water partition coefficient (Wildman–Crippen LogP) is 3.26. The normalized spacial score (nSPS) is 18.3. The number of fused-ring (bicyclic) bond motifs is 2. The third-order valence-corrected chi connectivity index (χ3v) is 6.07. The first-order chi connectivity index (χ1) is 14.1. The van der Waals surface area contributed by atoms with Gasteiger partial charge in [0.25, 0.3) is 5.91 Å². The van der Waals surface area contributed by atoms with E-state index in [1.54, 1.807) is 0 Å². The van der Waals surface area contributed by atoms with Gasteiger partial charge in [-0.3, -0.25) is 9.79 Å². The quantitative estimate of drug-likeness (QED) is 0.632. The van der Waals surface area contributed by atoms with Crippen LogP contribution in [0.1, 0.15) is 28.5 Å². The van der Waals surface area contributed by atoms with Crippen LogP contribution in [0.4, 0.5) is 11.5 Å². The molecule has 29 heavy (non-hydrogen) atoms. The molecule has 148 valence electrons. The molecule has 0 bridgehead atoms. The number of halogens is 1. The fraction of sp³-hybridized carbons (Fsp3) is 0.300. The van der Waals surface area contributed by atoms with Crippen LogP contribution >= 0.6 is 15.9 Å². The number of carbonyl (C=O) groups is 1. The molecule has 0 spiro atoms. The van der Waals surface area contributed by atoms with Crippen molar-refractivity contribution < 1.29 is 9.53 Å². The summed E-state index contributed by atoms with van der Waals surface area (Å²) < 4.78 is 6.10. The number of anilines is 2. The summed E-state index contributed by atoms with van der Waals surface area (Å²) in [7, 11) is 0. The molecule has 9 heteroatoms. The lowest BCUT2D eigenvalue weighted by Crippen LogP contribution is -2.47. The zero-order valence-corrected chi connectivity index (χ0v) is 17.4. The third-order valence-electron chi connectivity index (χ3n) is 5.27. The van der Waals surface area contributed by atoms with E-state index in [1.807, 2.05) is 30.2 Å². The van der Waals surface area contributed by atoms with Gasteiger partial charge in [-0.2, -0.15) is 0 Å². The average molecular weight is 455 g/mol. The number of nitrogens with one attached hydrogen (secondary N) is 2. The largest absolute Gasteiger partial charge is 0.377 e. The molecule has 1 atom stereocenters. The molecule has 1 aromatic carbocycles. The van der Waals surface area contributed by atoms with Crippen molar-refractivity contribution in [2.24, 2.45) is 4.99 Å². The minimum Gasteiger partial charge on any atom is -0.377 e. The number of aliphatic imine (C=N–C) groups is 1. The zero-order chi connectivity index (χ0) is 20.0. The van der Waals surface area contributed by atoms with Gasteiger partial charge >= 0.3 is 0 Å². The molecular formula is C20H19BrN6O2. The number of morpholine rings is 1. The molecule has 0 radical (unpaired) electrons. The summed E-state index contributed by atoms with van der Waals surface area (Å²) in [5.74, 6) is 0.549. The van der Waals surface area contributed by atoms with Gasteiger partial charge in [0, 0.05) is 18.4 Å². The highest BCUT2D eigenvalue weighted by atomic mass is 79.9. The van der Waals surface area contributed by atoms with E-state index >= 15 is 0 Å². The average Bonchev–Trinajstić information content (AvgIpc) is 3.32. The number of aromatic nitrogens is 3. The Balaban J connectivity index is 1.51. The van der Waals surface area contributed by atoms with Crippen molar-refractivity contribution in [3.05, 3.63) is 45.8 Å². The Labute approximate surface area is 175 Å². The Hall–Kier alpha value is -2.78. The molecule has 0 unspecified atom stereocenters. The Morgan fingerprint density at radius 3 is 3.14 bits per heavy atom. The van der Waals surface area contributed by atoms with Crippen molar-refractivity contribution in [2.75, 3.05) is 25.1 Å². The minimum absolute atomic E-state index is 0.0197. The molecule has 1 saturated heterocycles. The third kappa shape index (κ3) is 3.20. The van der Waals surface area contributed by atoms with Gasteiger partial charge in [-0.25, -0.2) is 9.97 Å². The Morgan fingerprint density at radius 1 is 1.38 bits per heavy atom. The molecule has 2 aromatic heterocycles. The fourth-order valence-corrected chi connectivity index (χ4v) is 4.36. The van der Waals surface area contributed by atoms with E-state index in [0.29, 0.717) is 41.4 Å². The topological polar surface area (TPSA) is 95.5 Å². The molecule has 1 fully saturated rings. The molecule has 2 aliphatic rings. The van der Waals surface area contributed by atoms with Gasteiger partial charge < -0.3 is 19.9 Å². The second-order valence-corrected chi connectivity index (χ2v) is 7.98. The number of aromatic amines is 1. The standard InChI is InChI=1S/C20H19BrN6O2/c1-11-9-29-5-4-27(11)20(28)17-16(21)15-18(23-10-24-19(15)26-17)25-14-3-2-12-7-22-8-13(12)6-14/h2-3,6,8,10-11H,4-5,7,9H2,1H3,(H2,23,24,25,26)/t11-/m1/s1. The molecule has 0 saturated carbocycles. The van der Waals surface area contributed by atoms with E-state index < -0.39 is 0 Å². The maximum atomic E-state index is 13.1. The van der Waals surface area contributed by atoms with Crippen LogP contribution in [0.2, 0.25) is 0 Å². The number of H-pyrrole nitrogens is 1. The highest BCUT2D eigenvalue weighted by Gasteiger charge is 2.29. The van der Waals surface area contributed by atoms with E-state index in [2.05, 4.69) is 47.3 Å². The van der Waals surface area contributed by atoms with E-state index in [1.165, 1.54) is 11.9 Å². The molecule has 4 heterocycles.